The third-order valence-corrected chi connectivity index (χ3v) is 11.7. The molecule has 0 aromatic heterocycles. The Bertz CT molecular complexity index is 595. The predicted octanol–water partition coefficient (Wildman–Crippen LogP) is 11.2. The highest BCUT2D eigenvalue weighted by molar-refractivity contribution is 4.96. The van der Waals surface area contributed by atoms with Gasteiger partial charge in [-0.2, -0.15) is 0 Å². The average molecular weight is 485 g/mol. The van der Waals surface area contributed by atoms with Crippen molar-refractivity contribution in [2.24, 2.45) is 71.0 Å². The van der Waals surface area contributed by atoms with Crippen LogP contribution in [0.3, 0.4) is 0 Å². The smallest absolute Gasteiger partial charge is 0.0317 e. The van der Waals surface area contributed by atoms with Crippen molar-refractivity contribution in [3.63, 3.8) is 0 Å². The molecule has 0 aliphatic heterocycles. The first-order valence-corrected chi connectivity index (χ1v) is 16.4. The van der Waals surface area contributed by atoms with Crippen molar-refractivity contribution in [3.8, 4) is 0 Å². The van der Waals surface area contributed by atoms with Crippen LogP contribution in [0.15, 0.2) is 12.7 Å². The summed E-state index contributed by atoms with van der Waals surface area (Å²) in [5.41, 5.74) is 0. The van der Waals surface area contributed by atoms with Gasteiger partial charge in [-0.3, -0.25) is 0 Å². The fraction of sp³-hybridized carbons (Fsp3) is 0.943. The Labute approximate surface area is 221 Å². The van der Waals surface area contributed by atoms with Crippen LogP contribution >= 0.6 is 0 Å². The highest BCUT2D eigenvalue weighted by Crippen LogP contribution is 2.53. The molecule has 0 bridgehead atoms. The molecule has 0 heterocycles. The lowest BCUT2D eigenvalue weighted by Crippen LogP contribution is -2.42. The van der Waals surface area contributed by atoms with Gasteiger partial charge >= 0.3 is 0 Å². The monoisotopic (exact) mass is 485 g/mol. The van der Waals surface area contributed by atoms with Crippen LogP contribution in [0.4, 0.5) is 0 Å². The van der Waals surface area contributed by atoms with Gasteiger partial charge in [-0.05, 0) is 116 Å². The molecule has 3 aliphatic carbocycles. The lowest BCUT2D eigenvalue weighted by atomic mass is 9.55. The lowest BCUT2D eigenvalue weighted by molar-refractivity contribution is -0.00410. The largest absolute Gasteiger partial charge is 0.103 e. The number of hydrogen-bond acceptors (Lipinski definition) is 0. The van der Waals surface area contributed by atoms with E-state index < -0.39 is 0 Å². The summed E-state index contributed by atoms with van der Waals surface area (Å²) in [5.74, 6) is 11.0. The van der Waals surface area contributed by atoms with Crippen molar-refractivity contribution in [1.82, 2.24) is 0 Å². The van der Waals surface area contributed by atoms with Crippen LogP contribution in [0.5, 0.6) is 0 Å². The molecule has 0 spiro atoms. The van der Waals surface area contributed by atoms with Crippen molar-refractivity contribution in [2.45, 2.75) is 138 Å². The van der Waals surface area contributed by atoms with Gasteiger partial charge in [0, 0.05) is 0 Å². The number of rotatable bonds is 12. The van der Waals surface area contributed by atoms with Crippen molar-refractivity contribution < 1.29 is 0 Å². The lowest BCUT2D eigenvalue weighted by Gasteiger charge is -2.50. The first kappa shape index (κ1) is 29.3. The molecule has 0 aromatic rings. The van der Waals surface area contributed by atoms with Gasteiger partial charge in [-0.1, -0.05) is 99.5 Å². The van der Waals surface area contributed by atoms with E-state index in [0.29, 0.717) is 0 Å². The molecule has 3 saturated carbocycles. The highest BCUT2D eigenvalue weighted by atomic mass is 14.5. The number of hydrogen-bond donors (Lipinski definition) is 0. The molecule has 3 rings (SSSR count). The van der Waals surface area contributed by atoms with Gasteiger partial charge in [-0.15, -0.1) is 6.58 Å². The quantitative estimate of drug-likeness (QED) is 0.242. The van der Waals surface area contributed by atoms with Crippen LogP contribution in [-0.2, 0) is 0 Å². The van der Waals surface area contributed by atoms with Gasteiger partial charge in [0.15, 0.2) is 0 Å². The number of allylic oxidation sites excluding steroid dienone is 1. The van der Waals surface area contributed by atoms with Crippen LogP contribution in [-0.4, -0.2) is 0 Å². The van der Waals surface area contributed by atoms with Gasteiger partial charge in [0.1, 0.15) is 0 Å². The maximum absolute atomic E-state index is 4.36. The van der Waals surface area contributed by atoms with E-state index in [2.05, 4.69) is 61.1 Å². The zero-order chi connectivity index (χ0) is 25.5. The Morgan fingerprint density at radius 2 is 1.20 bits per heavy atom. The van der Waals surface area contributed by atoms with Gasteiger partial charge in [0.25, 0.3) is 0 Å². The molecule has 3 aliphatic rings. The van der Waals surface area contributed by atoms with Gasteiger partial charge < -0.3 is 0 Å². The second-order valence-electron chi connectivity index (χ2n) is 14.6. The molecule has 0 N–H and O–H groups in total. The van der Waals surface area contributed by atoms with Crippen LogP contribution in [0.2, 0.25) is 0 Å². The summed E-state index contributed by atoms with van der Waals surface area (Å²) in [4.78, 5) is 0. The molecule has 3 fully saturated rings. The molecular weight excluding hydrogens is 420 g/mol. The zero-order valence-corrected chi connectivity index (χ0v) is 25.1. The maximum Gasteiger partial charge on any atom is -0.0317 e. The summed E-state index contributed by atoms with van der Waals surface area (Å²) in [6.07, 6.45) is 22.9. The minimum Gasteiger partial charge on any atom is -0.103 e. The molecular formula is C35H64. The topological polar surface area (TPSA) is 0 Å². The molecule has 204 valence electrons. The normalized spacial score (nSPS) is 35.3. The van der Waals surface area contributed by atoms with E-state index in [1.54, 1.807) is 0 Å². The standard InChI is InChI=1S/C35H64/c1-9-13-32(34-22-26(7)16-19-30(34)24(3)4)33(21-18-28(10-2)29-14-11-12-15-29)35-23-27(8)17-20-31(35)25(5)6/h9,24-35H,1,10-23H2,2-8H3. The van der Waals surface area contributed by atoms with Crippen LogP contribution in [0, 0.1) is 71.0 Å². The fourth-order valence-corrected chi connectivity index (χ4v) is 9.75. The zero-order valence-electron chi connectivity index (χ0n) is 25.1. The van der Waals surface area contributed by atoms with E-state index in [1.807, 2.05) is 0 Å². The van der Waals surface area contributed by atoms with E-state index in [4.69, 9.17) is 0 Å². The minimum absolute atomic E-state index is 0.827. The third kappa shape index (κ3) is 7.63. The summed E-state index contributed by atoms with van der Waals surface area (Å²) >= 11 is 0. The Morgan fingerprint density at radius 3 is 1.66 bits per heavy atom. The van der Waals surface area contributed by atoms with Crippen LogP contribution < -0.4 is 0 Å². The maximum atomic E-state index is 4.36. The van der Waals surface area contributed by atoms with E-state index in [0.717, 1.165) is 71.0 Å². The van der Waals surface area contributed by atoms with Crippen molar-refractivity contribution in [2.75, 3.05) is 0 Å². The second kappa shape index (κ2) is 14.0. The van der Waals surface area contributed by atoms with Crippen molar-refractivity contribution >= 4 is 0 Å². The predicted molar refractivity (Wildman–Crippen MR) is 156 cm³/mol. The van der Waals surface area contributed by atoms with E-state index in [1.165, 1.54) is 89.9 Å². The van der Waals surface area contributed by atoms with Crippen molar-refractivity contribution in [1.29, 1.82) is 0 Å². The second-order valence-corrected chi connectivity index (χ2v) is 14.6. The minimum atomic E-state index is 0.827. The average Bonchev–Trinajstić information content (AvgIpc) is 3.35. The molecule has 0 heteroatoms. The Morgan fingerprint density at radius 1 is 0.686 bits per heavy atom. The molecule has 9 unspecified atom stereocenters. The summed E-state index contributed by atoms with van der Waals surface area (Å²) < 4.78 is 0. The molecule has 0 saturated heterocycles. The SMILES string of the molecule is C=CCC(C1CC(C)CCC1C(C)C)C(CCC(CC)C1CCCC1)C1CC(C)CCC1C(C)C. The molecule has 0 nitrogen and oxygen atoms in total. The van der Waals surface area contributed by atoms with E-state index >= 15 is 0 Å². The molecule has 0 radical (unpaired) electrons. The first-order valence-electron chi connectivity index (χ1n) is 16.4. The summed E-state index contributed by atoms with van der Waals surface area (Å²) in [5, 5.41) is 0. The summed E-state index contributed by atoms with van der Waals surface area (Å²) in [6, 6.07) is 0. The highest BCUT2D eigenvalue weighted by Gasteiger charge is 2.44. The van der Waals surface area contributed by atoms with Gasteiger partial charge in [-0.25, -0.2) is 0 Å². The van der Waals surface area contributed by atoms with E-state index in [9.17, 15) is 0 Å². The first-order chi connectivity index (χ1) is 16.8. The molecule has 0 amide bonds. The van der Waals surface area contributed by atoms with Gasteiger partial charge in [0.05, 0.1) is 0 Å². The Kier molecular flexibility index (Phi) is 11.8. The fourth-order valence-electron chi connectivity index (χ4n) is 9.75. The van der Waals surface area contributed by atoms with Crippen molar-refractivity contribution in [3.05, 3.63) is 12.7 Å². The summed E-state index contributed by atoms with van der Waals surface area (Å²) in [6.45, 7) is 22.1. The molecule has 9 atom stereocenters. The van der Waals surface area contributed by atoms with Crippen LogP contribution in [0.1, 0.15) is 138 Å². The van der Waals surface area contributed by atoms with Crippen LogP contribution in [0.25, 0.3) is 0 Å². The molecule has 0 aromatic carbocycles. The third-order valence-electron chi connectivity index (χ3n) is 11.7. The Balaban J connectivity index is 1.93. The summed E-state index contributed by atoms with van der Waals surface area (Å²) in [7, 11) is 0. The molecule has 35 heavy (non-hydrogen) atoms. The van der Waals surface area contributed by atoms with E-state index in [-0.39, 0.29) is 0 Å². The Hall–Kier alpha value is -0.260. The van der Waals surface area contributed by atoms with Gasteiger partial charge in [0.2, 0.25) is 0 Å².